The van der Waals surface area contributed by atoms with Crippen LogP contribution in [0.25, 0.3) is 0 Å². The molecule has 0 spiro atoms. The normalized spacial score (nSPS) is 31.5. The number of hydrogen-bond donors (Lipinski definition) is 0. The van der Waals surface area contributed by atoms with Crippen molar-refractivity contribution < 1.29 is 9.59 Å². The predicted octanol–water partition coefficient (Wildman–Crippen LogP) is 2.46. The molecule has 4 atom stereocenters. The highest BCUT2D eigenvalue weighted by Gasteiger charge is 2.37. The van der Waals surface area contributed by atoms with E-state index in [1.807, 2.05) is 0 Å². The average molecular weight is 196 g/mol. The quantitative estimate of drug-likeness (QED) is 0.647. The lowest BCUT2D eigenvalue weighted by molar-refractivity contribution is -0.123. The molecule has 14 heavy (non-hydrogen) atoms. The van der Waals surface area contributed by atoms with E-state index in [1.54, 1.807) is 0 Å². The Morgan fingerprint density at radius 3 is 2.57 bits per heavy atom. The molecular formula is C12H20O2. The molecule has 0 radical (unpaired) electrons. The molecule has 0 heterocycles. The Balaban J connectivity index is 2.62. The predicted molar refractivity (Wildman–Crippen MR) is 55.9 cm³/mol. The molecule has 0 aliphatic heterocycles. The molecule has 1 rings (SSSR count). The second-order valence-electron chi connectivity index (χ2n) is 4.75. The third-order valence-electron chi connectivity index (χ3n) is 3.76. The fourth-order valence-corrected chi connectivity index (χ4v) is 2.57. The van der Waals surface area contributed by atoms with Crippen molar-refractivity contribution in [3.8, 4) is 0 Å². The van der Waals surface area contributed by atoms with Crippen molar-refractivity contribution in [1.82, 2.24) is 0 Å². The standard InChI is InChI=1S/C12H20O2/c1-8(6-7-13)10(3)12-9(2)4-5-11(12)14/h7-10,12H,4-6H2,1-3H3/t8-,9?,10?,12+/m1/s1. The molecule has 0 saturated heterocycles. The molecule has 2 nitrogen and oxygen atoms in total. The van der Waals surface area contributed by atoms with Gasteiger partial charge >= 0.3 is 0 Å². The minimum Gasteiger partial charge on any atom is -0.303 e. The highest BCUT2D eigenvalue weighted by atomic mass is 16.1. The maximum absolute atomic E-state index is 11.6. The molecule has 0 amide bonds. The lowest BCUT2D eigenvalue weighted by Gasteiger charge is -2.26. The lowest BCUT2D eigenvalue weighted by atomic mass is 9.77. The number of Topliss-reactive ketones (excluding diaryl/α,β-unsaturated/α-hetero) is 1. The van der Waals surface area contributed by atoms with Crippen molar-refractivity contribution in [3.05, 3.63) is 0 Å². The van der Waals surface area contributed by atoms with Gasteiger partial charge < -0.3 is 4.79 Å². The molecule has 2 heteroatoms. The van der Waals surface area contributed by atoms with Crippen LogP contribution in [0.3, 0.4) is 0 Å². The Morgan fingerprint density at radius 2 is 2.14 bits per heavy atom. The van der Waals surface area contributed by atoms with Gasteiger partial charge in [-0.25, -0.2) is 0 Å². The second-order valence-corrected chi connectivity index (χ2v) is 4.75. The van der Waals surface area contributed by atoms with Crippen molar-refractivity contribution >= 4 is 12.1 Å². The highest BCUT2D eigenvalue weighted by Crippen LogP contribution is 2.37. The van der Waals surface area contributed by atoms with E-state index in [9.17, 15) is 9.59 Å². The van der Waals surface area contributed by atoms with Crippen molar-refractivity contribution in [2.24, 2.45) is 23.7 Å². The Morgan fingerprint density at radius 1 is 1.50 bits per heavy atom. The zero-order chi connectivity index (χ0) is 10.7. The first-order valence-corrected chi connectivity index (χ1v) is 5.54. The average Bonchev–Trinajstić information content (AvgIpc) is 2.46. The number of hydrogen-bond acceptors (Lipinski definition) is 2. The summed E-state index contributed by atoms with van der Waals surface area (Å²) in [6.07, 6.45) is 3.31. The van der Waals surface area contributed by atoms with Crippen LogP contribution in [0.2, 0.25) is 0 Å². The molecule has 80 valence electrons. The van der Waals surface area contributed by atoms with Gasteiger partial charge in [-0.15, -0.1) is 0 Å². The summed E-state index contributed by atoms with van der Waals surface area (Å²) in [7, 11) is 0. The van der Waals surface area contributed by atoms with Crippen LogP contribution in [0.4, 0.5) is 0 Å². The van der Waals surface area contributed by atoms with Gasteiger partial charge in [-0.05, 0) is 24.2 Å². The van der Waals surface area contributed by atoms with E-state index in [2.05, 4.69) is 20.8 Å². The summed E-state index contributed by atoms with van der Waals surface area (Å²) >= 11 is 0. The van der Waals surface area contributed by atoms with Crippen molar-refractivity contribution in [2.45, 2.75) is 40.0 Å². The van der Waals surface area contributed by atoms with E-state index in [4.69, 9.17) is 0 Å². The maximum Gasteiger partial charge on any atom is 0.136 e. The van der Waals surface area contributed by atoms with Gasteiger partial charge in [-0.1, -0.05) is 20.8 Å². The summed E-state index contributed by atoms with van der Waals surface area (Å²) in [4.78, 5) is 22.1. The Hall–Kier alpha value is -0.660. The third kappa shape index (κ3) is 2.23. The van der Waals surface area contributed by atoms with E-state index in [0.29, 0.717) is 30.0 Å². The molecular weight excluding hydrogens is 176 g/mol. The first-order chi connectivity index (χ1) is 6.57. The molecule has 1 fully saturated rings. The Bertz CT molecular complexity index is 222. The van der Waals surface area contributed by atoms with Gasteiger partial charge in [-0.3, -0.25) is 4.79 Å². The van der Waals surface area contributed by atoms with Crippen LogP contribution in [0, 0.1) is 23.7 Å². The van der Waals surface area contributed by atoms with Gasteiger partial charge in [0.25, 0.3) is 0 Å². The van der Waals surface area contributed by atoms with Crippen molar-refractivity contribution in [1.29, 1.82) is 0 Å². The van der Waals surface area contributed by atoms with Gasteiger partial charge in [0.05, 0.1) is 0 Å². The van der Waals surface area contributed by atoms with E-state index in [0.717, 1.165) is 19.1 Å². The first-order valence-electron chi connectivity index (χ1n) is 5.54. The van der Waals surface area contributed by atoms with Gasteiger partial charge in [0.1, 0.15) is 12.1 Å². The van der Waals surface area contributed by atoms with E-state index in [1.165, 1.54) is 0 Å². The zero-order valence-corrected chi connectivity index (χ0v) is 9.32. The van der Waals surface area contributed by atoms with E-state index in [-0.39, 0.29) is 5.92 Å². The van der Waals surface area contributed by atoms with Crippen LogP contribution in [0.1, 0.15) is 40.0 Å². The number of rotatable bonds is 4. The molecule has 2 unspecified atom stereocenters. The largest absolute Gasteiger partial charge is 0.303 e. The third-order valence-corrected chi connectivity index (χ3v) is 3.76. The maximum atomic E-state index is 11.6. The molecule has 1 aliphatic carbocycles. The topological polar surface area (TPSA) is 34.1 Å². The molecule has 0 aromatic heterocycles. The summed E-state index contributed by atoms with van der Waals surface area (Å²) in [6.45, 7) is 6.33. The van der Waals surface area contributed by atoms with Gasteiger partial charge in [0.15, 0.2) is 0 Å². The van der Waals surface area contributed by atoms with E-state index >= 15 is 0 Å². The summed E-state index contributed by atoms with van der Waals surface area (Å²) in [5.41, 5.74) is 0. The van der Waals surface area contributed by atoms with Crippen LogP contribution in [0.5, 0.6) is 0 Å². The Labute approximate surface area is 86.1 Å². The number of carbonyl (C=O) groups is 2. The van der Waals surface area contributed by atoms with Crippen LogP contribution in [-0.4, -0.2) is 12.1 Å². The first kappa shape index (κ1) is 11.4. The molecule has 1 saturated carbocycles. The fourth-order valence-electron chi connectivity index (χ4n) is 2.57. The molecule has 0 aromatic carbocycles. The second kappa shape index (κ2) is 4.72. The van der Waals surface area contributed by atoms with Crippen LogP contribution in [0.15, 0.2) is 0 Å². The van der Waals surface area contributed by atoms with Crippen LogP contribution >= 0.6 is 0 Å². The minimum atomic E-state index is 0.199. The van der Waals surface area contributed by atoms with Gasteiger partial charge in [0, 0.05) is 18.8 Å². The van der Waals surface area contributed by atoms with Crippen LogP contribution in [-0.2, 0) is 9.59 Å². The summed E-state index contributed by atoms with van der Waals surface area (Å²) < 4.78 is 0. The fraction of sp³-hybridized carbons (Fsp3) is 0.833. The highest BCUT2D eigenvalue weighted by molar-refractivity contribution is 5.83. The van der Waals surface area contributed by atoms with Crippen molar-refractivity contribution in [3.63, 3.8) is 0 Å². The van der Waals surface area contributed by atoms with Gasteiger partial charge in [-0.2, -0.15) is 0 Å². The smallest absolute Gasteiger partial charge is 0.136 e. The van der Waals surface area contributed by atoms with E-state index < -0.39 is 0 Å². The minimum absolute atomic E-state index is 0.199. The number of aldehydes is 1. The summed E-state index contributed by atoms with van der Waals surface area (Å²) in [6, 6.07) is 0. The molecule has 0 bridgehead atoms. The lowest BCUT2D eigenvalue weighted by Crippen LogP contribution is -2.26. The number of ketones is 1. The Kier molecular flexibility index (Phi) is 3.85. The SMILES string of the molecule is CC1CCC(=O)[C@@H]1C(C)[C@H](C)CC=O. The van der Waals surface area contributed by atoms with Gasteiger partial charge in [0.2, 0.25) is 0 Å². The van der Waals surface area contributed by atoms with Crippen LogP contribution < -0.4 is 0 Å². The number of carbonyl (C=O) groups excluding carboxylic acids is 2. The molecule has 0 N–H and O–H groups in total. The zero-order valence-electron chi connectivity index (χ0n) is 9.32. The molecule has 1 aliphatic rings. The summed E-state index contributed by atoms with van der Waals surface area (Å²) in [5.74, 6) is 1.80. The monoisotopic (exact) mass is 196 g/mol. The summed E-state index contributed by atoms with van der Waals surface area (Å²) in [5, 5.41) is 0. The molecule has 0 aromatic rings. The van der Waals surface area contributed by atoms with Crippen molar-refractivity contribution in [2.75, 3.05) is 0 Å².